The van der Waals surface area contributed by atoms with Crippen molar-refractivity contribution < 1.29 is 9.53 Å². The smallest absolute Gasteiger partial charge is 0.253 e. The number of benzene rings is 2. The number of methoxy groups -OCH3 is 1. The third kappa shape index (κ3) is 5.34. The van der Waals surface area contributed by atoms with Crippen molar-refractivity contribution in [3.8, 4) is 11.4 Å². The Hall–Kier alpha value is -2.35. The molecule has 1 amide bonds. The van der Waals surface area contributed by atoms with E-state index in [4.69, 9.17) is 16.3 Å². The zero-order valence-corrected chi connectivity index (χ0v) is 19.7. The third-order valence-electron chi connectivity index (χ3n) is 5.52. The van der Waals surface area contributed by atoms with Crippen LogP contribution in [0, 0.1) is 0 Å². The number of likely N-dealkylation sites (tertiary alicyclic amines) is 1. The minimum atomic E-state index is 0.129. The van der Waals surface area contributed by atoms with Crippen LogP contribution >= 0.6 is 23.4 Å². The monoisotopic (exact) mass is 470 g/mol. The molecule has 8 heteroatoms. The molecule has 168 valence electrons. The number of amides is 1. The zero-order valence-electron chi connectivity index (χ0n) is 18.2. The molecule has 1 saturated heterocycles. The standard InChI is InChI=1S/C24H27ClN4O2S/c1-31-16-6-15-29-22(20-7-2-3-8-21(20)25)26-27-24(29)32-17-18-9-11-19(12-10-18)23(30)28-13-4-5-14-28/h2-3,7-12H,4-6,13-17H2,1H3. The van der Waals surface area contributed by atoms with Gasteiger partial charge in [-0.1, -0.05) is 47.6 Å². The lowest BCUT2D eigenvalue weighted by Gasteiger charge is -2.15. The van der Waals surface area contributed by atoms with Crippen molar-refractivity contribution in [3.63, 3.8) is 0 Å². The normalized spacial score (nSPS) is 13.6. The topological polar surface area (TPSA) is 60.2 Å². The van der Waals surface area contributed by atoms with Crippen LogP contribution < -0.4 is 0 Å². The van der Waals surface area contributed by atoms with Gasteiger partial charge in [-0.2, -0.15) is 0 Å². The lowest BCUT2D eigenvalue weighted by atomic mass is 10.1. The van der Waals surface area contributed by atoms with Crippen molar-refractivity contribution in [2.45, 2.75) is 36.7 Å². The second-order valence-electron chi connectivity index (χ2n) is 7.77. The fourth-order valence-corrected chi connectivity index (χ4v) is 4.94. The van der Waals surface area contributed by atoms with Crippen molar-refractivity contribution in [2.24, 2.45) is 0 Å². The first-order chi connectivity index (χ1) is 15.7. The van der Waals surface area contributed by atoms with E-state index in [-0.39, 0.29) is 5.91 Å². The first-order valence-corrected chi connectivity index (χ1v) is 12.2. The zero-order chi connectivity index (χ0) is 22.3. The van der Waals surface area contributed by atoms with E-state index in [9.17, 15) is 4.79 Å². The fourth-order valence-electron chi connectivity index (χ4n) is 3.80. The molecule has 0 atom stereocenters. The van der Waals surface area contributed by atoms with Gasteiger partial charge in [0.2, 0.25) is 0 Å². The van der Waals surface area contributed by atoms with Gasteiger partial charge >= 0.3 is 0 Å². The van der Waals surface area contributed by atoms with Crippen LogP contribution in [0.5, 0.6) is 0 Å². The number of aromatic nitrogens is 3. The van der Waals surface area contributed by atoms with Gasteiger partial charge in [0, 0.05) is 50.2 Å². The Labute approximate surface area is 197 Å². The number of carbonyl (C=O) groups is 1. The molecule has 4 rings (SSSR count). The van der Waals surface area contributed by atoms with Crippen LogP contribution in [0.3, 0.4) is 0 Å². The highest BCUT2D eigenvalue weighted by atomic mass is 35.5. The van der Waals surface area contributed by atoms with Crippen LogP contribution in [0.2, 0.25) is 5.02 Å². The van der Waals surface area contributed by atoms with E-state index < -0.39 is 0 Å². The Morgan fingerprint density at radius 2 is 1.84 bits per heavy atom. The van der Waals surface area contributed by atoms with Crippen LogP contribution in [0.1, 0.15) is 35.2 Å². The van der Waals surface area contributed by atoms with Gasteiger partial charge in [-0.3, -0.25) is 4.79 Å². The summed E-state index contributed by atoms with van der Waals surface area (Å²) in [4.78, 5) is 14.5. The molecule has 3 aromatic rings. The first-order valence-electron chi connectivity index (χ1n) is 10.9. The molecule has 1 aromatic heterocycles. The lowest BCUT2D eigenvalue weighted by molar-refractivity contribution is 0.0793. The summed E-state index contributed by atoms with van der Waals surface area (Å²) in [5.41, 5.74) is 2.76. The summed E-state index contributed by atoms with van der Waals surface area (Å²) < 4.78 is 7.34. The molecule has 2 heterocycles. The maximum atomic E-state index is 12.6. The highest BCUT2D eigenvalue weighted by molar-refractivity contribution is 7.98. The number of hydrogen-bond acceptors (Lipinski definition) is 5. The van der Waals surface area contributed by atoms with Gasteiger partial charge in [-0.15, -0.1) is 10.2 Å². The minimum Gasteiger partial charge on any atom is -0.385 e. The molecule has 0 saturated carbocycles. The molecule has 6 nitrogen and oxygen atoms in total. The Morgan fingerprint density at radius 1 is 1.09 bits per heavy atom. The average Bonchev–Trinajstić information content (AvgIpc) is 3.49. The molecule has 0 unspecified atom stereocenters. The van der Waals surface area contributed by atoms with Gasteiger partial charge in [0.1, 0.15) is 0 Å². The van der Waals surface area contributed by atoms with E-state index in [1.54, 1.807) is 18.9 Å². The Morgan fingerprint density at radius 3 is 2.56 bits per heavy atom. The average molecular weight is 471 g/mol. The summed E-state index contributed by atoms with van der Waals surface area (Å²) >= 11 is 8.05. The summed E-state index contributed by atoms with van der Waals surface area (Å²) in [6.45, 7) is 3.13. The van der Waals surface area contributed by atoms with E-state index in [2.05, 4.69) is 14.8 Å². The van der Waals surface area contributed by atoms with Gasteiger partial charge < -0.3 is 14.2 Å². The van der Waals surface area contributed by atoms with Gasteiger partial charge in [-0.05, 0) is 49.1 Å². The number of ether oxygens (including phenoxy) is 1. The van der Waals surface area contributed by atoms with Crippen LogP contribution in [0.4, 0.5) is 0 Å². The van der Waals surface area contributed by atoms with Gasteiger partial charge in [-0.25, -0.2) is 0 Å². The molecule has 0 bridgehead atoms. The van der Waals surface area contributed by atoms with Crippen LogP contribution in [0.25, 0.3) is 11.4 Å². The SMILES string of the molecule is COCCCn1c(SCc2ccc(C(=O)N3CCCC3)cc2)nnc1-c1ccccc1Cl. The summed E-state index contributed by atoms with van der Waals surface area (Å²) in [5.74, 6) is 1.63. The summed E-state index contributed by atoms with van der Waals surface area (Å²) in [7, 11) is 1.70. The molecule has 2 aromatic carbocycles. The quantitative estimate of drug-likeness (QED) is 0.319. The van der Waals surface area contributed by atoms with Gasteiger partial charge in [0.15, 0.2) is 11.0 Å². The van der Waals surface area contributed by atoms with Crippen LogP contribution in [-0.4, -0.2) is 52.4 Å². The molecule has 0 aliphatic carbocycles. The van der Waals surface area contributed by atoms with E-state index >= 15 is 0 Å². The predicted molar refractivity (Wildman–Crippen MR) is 128 cm³/mol. The molecule has 0 N–H and O–H groups in total. The molecule has 1 aliphatic heterocycles. The molecular weight excluding hydrogens is 444 g/mol. The Kier molecular flexibility index (Phi) is 7.84. The first kappa shape index (κ1) is 22.8. The highest BCUT2D eigenvalue weighted by Gasteiger charge is 2.20. The number of halogens is 1. The van der Waals surface area contributed by atoms with E-state index in [1.165, 1.54) is 0 Å². The molecule has 32 heavy (non-hydrogen) atoms. The Balaban J connectivity index is 1.47. The van der Waals surface area contributed by atoms with Crippen molar-refractivity contribution in [1.82, 2.24) is 19.7 Å². The number of thioether (sulfide) groups is 1. The summed E-state index contributed by atoms with van der Waals surface area (Å²) in [5, 5.41) is 10.4. The number of nitrogens with zero attached hydrogens (tertiary/aromatic N) is 4. The molecule has 0 spiro atoms. The maximum absolute atomic E-state index is 12.6. The van der Waals surface area contributed by atoms with Crippen molar-refractivity contribution in [1.29, 1.82) is 0 Å². The number of hydrogen-bond donors (Lipinski definition) is 0. The Bertz CT molecular complexity index is 1050. The maximum Gasteiger partial charge on any atom is 0.253 e. The molecule has 0 radical (unpaired) electrons. The fraction of sp³-hybridized carbons (Fsp3) is 0.375. The molecular formula is C24H27ClN4O2S. The van der Waals surface area contributed by atoms with Crippen molar-refractivity contribution in [3.05, 3.63) is 64.7 Å². The summed E-state index contributed by atoms with van der Waals surface area (Å²) in [6.07, 6.45) is 3.05. The summed E-state index contributed by atoms with van der Waals surface area (Å²) in [6, 6.07) is 15.6. The van der Waals surface area contributed by atoms with E-state index in [1.807, 2.05) is 53.4 Å². The van der Waals surface area contributed by atoms with Crippen LogP contribution in [-0.2, 0) is 17.0 Å². The third-order valence-corrected chi connectivity index (χ3v) is 6.89. The second kappa shape index (κ2) is 11.0. The van der Waals surface area contributed by atoms with Gasteiger partial charge in [0.25, 0.3) is 5.91 Å². The number of carbonyl (C=O) groups excluding carboxylic acids is 1. The molecule has 1 aliphatic rings. The largest absolute Gasteiger partial charge is 0.385 e. The van der Waals surface area contributed by atoms with Gasteiger partial charge in [0.05, 0.1) is 5.02 Å². The lowest BCUT2D eigenvalue weighted by Crippen LogP contribution is -2.27. The molecule has 1 fully saturated rings. The van der Waals surface area contributed by atoms with Crippen LogP contribution in [0.15, 0.2) is 53.7 Å². The minimum absolute atomic E-state index is 0.129. The predicted octanol–water partition coefficient (Wildman–Crippen LogP) is 5.16. The second-order valence-corrected chi connectivity index (χ2v) is 9.12. The van der Waals surface area contributed by atoms with E-state index in [0.717, 1.165) is 72.3 Å². The highest BCUT2D eigenvalue weighted by Crippen LogP contribution is 2.30. The van der Waals surface area contributed by atoms with E-state index in [0.29, 0.717) is 11.6 Å². The number of rotatable bonds is 9. The van der Waals surface area contributed by atoms with Crippen molar-refractivity contribution >= 4 is 29.3 Å². The van der Waals surface area contributed by atoms with Crippen molar-refractivity contribution in [2.75, 3.05) is 26.8 Å².